The molecule has 2 fully saturated rings. The van der Waals surface area contributed by atoms with Gasteiger partial charge in [-0.1, -0.05) is 18.2 Å². The molecule has 43 heavy (non-hydrogen) atoms. The SMILES string of the molecule is CC(C)NC(=O)Cn1cc(CN2CCCC(CN3CCOCC3)C2)c2ccccc21.O=C(O)CC(O)(CC(=O)O)C(=O)O. The highest BCUT2D eigenvalue weighted by Gasteiger charge is 2.40. The first-order valence-corrected chi connectivity index (χ1v) is 14.6. The summed E-state index contributed by atoms with van der Waals surface area (Å²) in [5.41, 5.74) is -0.263. The number of likely N-dealkylation sites (tertiary alicyclic amines) is 1. The number of carbonyl (C=O) groups is 4. The van der Waals surface area contributed by atoms with E-state index in [2.05, 4.69) is 50.1 Å². The lowest BCUT2D eigenvalue weighted by atomic mass is 9.96. The molecule has 1 aromatic carbocycles. The van der Waals surface area contributed by atoms with Crippen molar-refractivity contribution < 1.29 is 44.3 Å². The standard InChI is InChI=1S/C24H36N4O2.C6H8O7/c1-19(2)25-24(29)18-28-17-21(22-7-3-4-8-23(22)28)16-27-9-5-6-20(15-27)14-26-10-12-30-13-11-26;7-3(8)1-6(13,5(11)12)2-4(9)10/h3-4,7-8,17,19-20H,5-6,9-16,18H2,1-2H3,(H,25,29);13H,1-2H2,(H,7,8)(H,9,10)(H,11,12). The van der Waals surface area contributed by atoms with Gasteiger partial charge < -0.3 is 35.0 Å². The molecule has 0 aliphatic carbocycles. The van der Waals surface area contributed by atoms with Crippen molar-refractivity contribution in [3.05, 3.63) is 36.0 Å². The number of aliphatic hydroxyl groups is 1. The van der Waals surface area contributed by atoms with Gasteiger partial charge in [-0.05, 0) is 50.8 Å². The number of piperidine rings is 1. The van der Waals surface area contributed by atoms with Crippen molar-refractivity contribution in [2.75, 3.05) is 45.9 Å². The average molecular weight is 605 g/mol. The van der Waals surface area contributed by atoms with E-state index in [9.17, 15) is 19.2 Å². The minimum atomic E-state index is -2.74. The molecule has 2 saturated heterocycles. The first-order chi connectivity index (χ1) is 20.4. The molecule has 13 nitrogen and oxygen atoms in total. The Morgan fingerprint density at radius 3 is 2.26 bits per heavy atom. The maximum atomic E-state index is 12.3. The number of hydrogen-bond donors (Lipinski definition) is 5. The fourth-order valence-electron chi connectivity index (χ4n) is 5.65. The van der Waals surface area contributed by atoms with Crippen LogP contribution >= 0.6 is 0 Å². The molecule has 1 aromatic heterocycles. The largest absolute Gasteiger partial charge is 0.481 e. The van der Waals surface area contributed by atoms with Crippen molar-refractivity contribution in [2.45, 2.75) is 64.3 Å². The summed E-state index contributed by atoms with van der Waals surface area (Å²) in [6, 6.07) is 8.63. The van der Waals surface area contributed by atoms with E-state index in [4.69, 9.17) is 25.2 Å². The van der Waals surface area contributed by atoms with Crippen molar-refractivity contribution >= 4 is 34.7 Å². The Morgan fingerprint density at radius 2 is 1.65 bits per heavy atom. The van der Waals surface area contributed by atoms with Crippen LogP contribution in [0.5, 0.6) is 0 Å². The van der Waals surface area contributed by atoms with Gasteiger partial charge in [0.05, 0.1) is 26.1 Å². The highest BCUT2D eigenvalue weighted by atomic mass is 16.5. The molecule has 2 aliphatic heterocycles. The normalized spacial score (nSPS) is 18.2. The van der Waals surface area contributed by atoms with Crippen molar-refractivity contribution in [1.29, 1.82) is 0 Å². The third-order valence-corrected chi connectivity index (χ3v) is 7.54. The fraction of sp³-hybridized carbons (Fsp3) is 0.600. The van der Waals surface area contributed by atoms with Crippen LogP contribution in [0.1, 0.15) is 45.1 Å². The minimum Gasteiger partial charge on any atom is -0.481 e. The molecule has 5 N–H and O–H groups in total. The molecule has 2 aromatic rings. The third kappa shape index (κ3) is 10.6. The second-order valence-electron chi connectivity index (χ2n) is 11.7. The van der Waals surface area contributed by atoms with Crippen molar-refractivity contribution in [2.24, 2.45) is 5.92 Å². The topological polar surface area (TPSA) is 182 Å². The maximum absolute atomic E-state index is 12.3. The number of morpholine rings is 1. The minimum absolute atomic E-state index is 0.0702. The maximum Gasteiger partial charge on any atom is 0.336 e. The number of aromatic nitrogens is 1. The number of para-hydroxylation sites is 1. The summed E-state index contributed by atoms with van der Waals surface area (Å²) in [6.45, 7) is 12.7. The molecular formula is C30H44N4O9. The number of ether oxygens (including phenoxy) is 1. The first kappa shape index (κ1) is 34.0. The highest BCUT2D eigenvalue weighted by molar-refractivity contribution is 5.88. The van der Waals surface area contributed by atoms with Crippen LogP contribution in [0.4, 0.5) is 0 Å². The van der Waals surface area contributed by atoms with Crippen LogP contribution in [0.2, 0.25) is 0 Å². The molecule has 238 valence electrons. The van der Waals surface area contributed by atoms with Gasteiger partial charge in [0.2, 0.25) is 5.91 Å². The molecule has 0 radical (unpaired) electrons. The van der Waals surface area contributed by atoms with E-state index in [1.54, 1.807) is 0 Å². The number of nitrogens with one attached hydrogen (secondary N) is 1. The van der Waals surface area contributed by atoms with E-state index >= 15 is 0 Å². The van der Waals surface area contributed by atoms with Gasteiger partial charge in [0.25, 0.3) is 0 Å². The molecule has 1 unspecified atom stereocenters. The lowest BCUT2D eigenvalue weighted by molar-refractivity contribution is -0.170. The Balaban J connectivity index is 0.000000331. The molecule has 13 heteroatoms. The number of nitrogens with zero attached hydrogens (tertiary/aromatic N) is 3. The van der Waals surface area contributed by atoms with E-state index in [-0.39, 0.29) is 11.9 Å². The Morgan fingerprint density at radius 1 is 1.00 bits per heavy atom. The lowest BCUT2D eigenvalue weighted by Gasteiger charge is -2.36. The summed E-state index contributed by atoms with van der Waals surface area (Å²) < 4.78 is 7.61. The number of aliphatic carboxylic acids is 3. The van der Waals surface area contributed by atoms with Crippen molar-refractivity contribution in [3.63, 3.8) is 0 Å². The summed E-state index contributed by atoms with van der Waals surface area (Å²) in [5.74, 6) is -4.21. The predicted octanol–water partition coefficient (Wildman–Crippen LogP) is 1.46. The Kier molecular flexibility index (Phi) is 12.5. The van der Waals surface area contributed by atoms with E-state index in [0.29, 0.717) is 6.54 Å². The van der Waals surface area contributed by atoms with Gasteiger partial charge in [-0.15, -0.1) is 0 Å². The average Bonchev–Trinajstić information content (AvgIpc) is 3.25. The van der Waals surface area contributed by atoms with E-state index in [1.807, 2.05) is 13.8 Å². The first-order valence-electron chi connectivity index (χ1n) is 14.6. The smallest absolute Gasteiger partial charge is 0.336 e. The van der Waals surface area contributed by atoms with Crippen LogP contribution in [-0.2, 0) is 37.0 Å². The molecule has 0 spiro atoms. The molecule has 1 atom stereocenters. The zero-order valence-electron chi connectivity index (χ0n) is 24.9. The number of hydrogen-bond acceptors (Lipinski definition) is 8. The van der Waals surface area contributed by atoms with Crippen LogP contribution in [0, 0.1) is 5.92 Å². The second-order valence-corrected chi connectivity index (χ2v) is 11.7. The predicted molar refractivity (Wildman–Crippen MR) is 158 cm³/mol. The van der Waals surface area contributed by atoms with Gasteiger partial charge in [-0.3, -0.25) is 24.2 Å². The molecule has 0 bridgehead atoms. The van der Waals surface area contributed by atoms with Gasteiger partial charge in [0.15, 0.2) is 5.60 Å². The summed E-state index contributed by atoms with van der Waals surface area (Å²) in [7, 11) is 0. The number of carboxylic acid groups (broad SMARTS) is 3. The number of amides is 1. The van der Waals surface area contributed by atoms with Gasteiger partial charge in [-0.2, -0.15) is 0 Å². The van der Waals surface area contributed by atoms with Crippen molar-refractivity contribution in [3.8, 4) is 0 Å². The number of rotatable bonds is 12. The summed E-state index contributed by atoms with van der Waals surface area (Å²) in [6.07, 6.45) is 2.49. The van der Waals surface area contributed by atoms with Crippen molar-refractivity contribution in [1.82, 2.24) is 19.7 Å². The lowest BCUT2D eigenvalue weighted by Crippen LogP contribution is -2.44. The molecule has 2 aliphatic rings. The quantitative estimate of drug-likeness (QED) is 0.237. The van der Waals surface area contributed by atoms with Gasteiger partial charge in [0.1, 0.15) is 6.54 Å². The number of fused-ring (bicyclic) bond motifs is 1. The molecule has 0 saturated carbocycles. The molecule has 4 rings (SSSR count). The van der Waals surface area contributed by atoms with Crippen LogP contribution in [0.25, 0.3) is 10.9 Å². The van der Waals surface area contributed by atoms with Crippen LogP contribution in [0.15, 0.2) is 30.5 Å². The van der Waals surface area contributed by atoms with E-state index in [1.165, 1.54) is 30.3 Å². The number of carboxylic acids is 3. The van der Waals surface area contributed by atoms with Crippen LogP contribution < -0.4 is 5.32 Å². The summed E-state index contributed by atoms with van der Waals surface area (Å²) in [5, 5.41) is 38.1. The van der Waals surface area contributed by atoms with Crippen LogP contribution in [0.3, 0.4) is 0 Å². The van der Waals surface area contributed by atoms with Gasteiger partial charge >= 0.3 is 17.9 Å². The molecule has 3 heterocycles. The Hall–Kier alpha value is -3.52. The highest BCUT2D eigenvalue weighted by Crippen LogP contribution is 2.26. The Bertz CT molecular complexity index is 1240. The number of carbonyl (C=O) groups excluding carboxylic acids is 1. The van der Waals surface area contributed by atoms with Gasteiger partial charge in [0, 0.05) is 55.9 Å². The van der Waals surface area contributed by atoms with E-state index < -0.39 is 36.4 Å². The third-order valence-electron chi connectivity index (χ3n) is 7.54. The molecular weight excluding hydrogens is 560 g/mol. The monoisotopic (exact) mass is 604 g/mol. The van der Waals surface area contributed by atoms with Crippen LogP contribution in [-0.4, -0.2) is 116 Å². The molecule has 1 amide bonds. The zero-order chi connectivity index (χ0) is 31.6. The van der Waals surface area contributed by atoms with Gasteiger partial charge in [-0.25, -0.2) is 4.79 Å². The summed E-state index contributed by atoms with van der Waals surface area (Å²) in [4.78, 5) is 48.0. The Labute approximate surface area is 251 Å². The summed E-state index contributed by atoms with van der Waals surface area (Å²) >= 11 is 0. The second kappa shape index (κ2) is 15.8. The zero-order valence-corrected chi connectivity index (χ0v) is 24.9. The van der Waals surface area contributed by atoms with E-state index in [0.717, 1.165) is 57.4 Å². The fourth-order valence-corrected chi connectivity index (χ4v) is 5.65. The number of benzene rings is 1.